The zero-order chi connectivity index (χ0) is 15.2. The number of ketones is 1. The minimum atomic E-state index is -1.46. The molecule has 21 heavy (non-hydrogen) atoms. The maximum Gasteiger partial charge on any atom is 0.223 e. The van der Waals surface area contributed by atoms with E-state index in [0.717, 1.165) is 0 Å². The maximum atomic E-state index is 13.1. The molecule has 0 amide bonds. The van der Waals surface area contributed by atoms with Crippen molar-refractivity contribution in [1.29, 1.82) is 0 Å². The second-order valence-electron chi connectivity index (χ2n) is 5.39. The van der Waals surface area contributed by atoms with Crippen LogP contribution in [-0.4, -0.2) is 31.4 Å². The van der Waals surface area contributed by atoms with Crippen molar-refractivity contribution in [3.63, 3.8) is 0 Å². The number of Topliss-reactive ketones (excluding diaryl/α,β-unsaturated/α-hetero) is 1. The van der Waals surface area contributed by atoms with E-state index in [1.54, 1.807) is 12.1 Å². The summed E-state index contributed by atoms with van der Waals surface area (Å²) in [6.45, 7) is 2.94. The summed E-state index contributed by atoms with van der Waals surface area (Å²) in [6.07, 6.45) is 1.34. The molecule has 0 spiro atoms. The summed E-state index contributed by atoms with van der Waals surface area (Å²) in [6, 6.07) is 5.27. The topological polar surface area (TPSA) is 80.0 Å². The highest BCUT2D eigenvalue weighted by Gasteiger charge is 2.48. The number of nitrogens with zero attached hydrogens (tertiary/aromatic N) is 3. The Morgan fingerprint density at radius 1 is 1.43 bits per heavy atom. The summed E-state index contributed by atoms with van der Waals surface area (Å²) in [5.74, 6) is -0.954. The van der Waals surface area contributed by atoms with Crippen molar-refractivity contribution in [2.45, 2.75) is 25.6 Å². The van der Waals surface area contributed by atoms with Gasteiger partial charge in [0, 0.05) is 0 Å². The standard InChI is InChI=1S/C14H15FN4O2/c1-8(20)11-12(9-3-5-10(15)6-4-9)19-13(16-7-17-19)18-14(11,2)21/h3-7,11-12,21H,1-2H3,(H,16,17,18)/t11-,12-,14-/m1/s1. The summed E-state index contributed by atoms with van der Waals surface area (Å²) in [4.78, 5) is 16.1. The molecule has 0 bridgehead atoms. The molecule has 2 N–H and O–H groups in total. The van der Waals surface area contributed by atoms with Crippen LogP contribution in [0, 0.1) is 11.7 Å². The monoisotopic (exact) mass is 290 g/mol. The number of rotatable bonds is 2. The number of hydrogen-bond acceptors (Lipinski definition) is 5. The van der Waals surface area contributed by atoms with Crippen LogP contribution in [-0.2, 0) is 4.79 Å². The van der Waals surface area contributed by atoms with Gasteiger partial charge in [0.15, 0.2) is 0 Å². The lowest BCUT2D eigenvalue weighted by molar-refractivity contribution is -0.130. The van der Waals surface area contributed by atoms with Crippen LogP contribution in [0.4, 0.5) is 10.3 Å². The molecular weight excluding hydrogens is 275 g/mol. The molecule has 0 unspecified atom stereocenters. The van der Waals surface area contributed by atoms with Gasteiger partial charge in [-0.25, -0.2) is 9.07 Å². The second-order valence-corrected chi connectivity index (χ2v) is 5.39. The summed E-state index contributed by atoms with van der Waals surface area (Å²) in [5, 5.41) is 17.5. The highest BCUT2D eigenvalue weighted by Crippen LogP contribution is 2.40. The van der Waals surface area contributed by atoms with Crippen molar-refractivity contribution in [1.82, 2.24) is 14.8 Å². The van der Waals surface area contributed by atoms with Crippen molar-refractivity contribution >= 4 is 11.7 Å². The Morgan fingerprint density at radius 2 is 2.10 bits per heavy atom. The van der Waals surface area contributed by atoms with Gasteiger partial charge in [0.25, 0.3) is 0 Å². The Kier molecular flexibility index (Phi) is 3.02. The van der Waals surface area contributed by atoms with Gasteiger partial charge in [-0.15, -0.1) is 0 Å². The highest BCUT2D eigenvalue weighted by atomic mass is 19.1. The van der Waals surface area contributed by atoms with Gasteiger partial charge in [0.2, 0.25) is 5.95 Å². The average Bonchev–Trinajstić information content (AvgIpc) is 2.84. The van der Waals surface area contributed by atoms with Gasteiger partial charge in [0.1, 0.15) is 23.7 Å². The van der Waals surface area contributed by atoms with Crippen molar-refractivity contribution in [2.75, 3.05) is 5.32 Å². The Balaban J connectivity index is 2.18. The fraction of sp³-hybridized carbons (Fsp3) is 0.357. The molecule has 110 valence electrons. The number of nitrogens with one attached hydrogen (secondary N) is 1. The summed E-state index contributed by atoms with van der Waals surface area (Å²) >= 11 is 0. The third-order valence-electron chi connectivity index (χ3n) is 3.77. The molecule has 1 aromatic heterocycles. The van der Waals surface area contributed by atoms with Crippen LogP contribution in [0.1, 0.15) is 25.5 Å². The van der Waals surface area contributed by atoms with E-state index in [-0.39, 0.29) is 11.6 Å². The molecule has 0 radical (unpaired) electrons. The minimum Gasteiger partial charge on any atom is -0.370 e. The van der Waals surface area contributed by atoms with Crippen LogP contribution in [0.25, 0.3) is 0 Å². The molecule has 1 aliphatic heterocycles. The van der Waals surface area contributed by atoms with Crippen molar-refractivity contribution in [2.24, 2.45) is 5.92 Å². The first kappa shape index (κ1) is 13.7. The largest absolute Gasteiger partial charge is 0.370 e. The van der Waals surface area contributed by atoms with E-state index in [2.05, 4.69) is 15.4 Å². The lowest BCUT2D eigenvalue weighted by Gasteiger charge is -2.42. The number of hydrogen-bond donors (Lipinski definition) is 2. The maximum absolute atomic E-state index is 13.1. The molecule has 0 saturated carbocycles. The summed E-state index contributed by atoms with van der Waals surface area (Å²) in [7, 11) is 0. The SMILES string of the molecule is CC(=O)[C@@H]1[C@@H](c2ccc(F)cc2)n2ncnc2N[C@]1(C)O. The minimum absolute atomic E-state index is 0.192. The smallest absolute Gasteiger partial charge is 0.223 e. The van der Waals surface area contributed by atoms with Gasteiger partial charge in [-0.05, 0) is 31.5 Å². The molecular formula is C14H15FN4O2. The normalized spacial score (nSPS) is 27.8. The van der Waals surface area contributed by atoms with Gasteiger partial charge in [0.05, 0.1) is 12.0 Å². The number of aliphatic hydroxyl groups is 1. The fourth-order valence-corrected chi connectivity index (χ4v) is 2.91. The Morgan fingerprint density at radius 3 is 2.71 bits per heavy atom. The van der Waals surface area contributed by atoms with Crippen molar-refractivity contribution in [3.05, 3.63) is 42.0 Å². The predicted molar refractivity (Wildman–Crippen MR) is 73.0 cm³/mol. The van der Waals surface area contributed by atoms with Crippen LogP contribution in [0.3, 0.4) is 0 Å². The Labute approximate surface area is 120 Å². The van der Waals surface area contributed by atoms with E-state index in [4.69, 9.17) is 0 Å². The van der Waals surface area contributed by atoms with Crippen LogP contribution in [0.15, 0.2) is 30.6 Å². The molecule has 6 nitrogen and oxygen atoms in total. The van der Waals surface area contributed by atoms with Gasteiger partial charge in [-0.2, -0.15) is 10.1 Å². The molecule has 3 rings (SSSR count). The van der Waals surface area contributed by atoms with Gasteiger partial charge >= 0.3 is 0 Å². The van der Waals surface area contributed by atoms with Crippen molar-refractivity contribution in [3.8, 4) is 0 Å². The number of fused-ring (bicyclic) bond motifs is 1. The third kappa shape index (κ3) is 2.19. The van der Waals surface area contributed by atoms with Crippen LogP contribution < -0.4 is 5.32 Å². The number of carbonyl (C=O) groups is 1. The molecule has 3 atom stereocenters. The predicted octanol–water partition coefficient (Wildman–Crippen LogP) is 1.35. The number of carbonyl (C=O) groups excluding carboxylic acids is 1. The third-order valence-corrected chi connectivity index (χ3v) is 3.77. The van der Waals surface area contributed by atoms with E-state index in [0.29, 0.717) is 11.5 Å². The fourth-order valence-electron chi connectivity index (χ4n) is 2.91. The van der Waals surface area contributed by atoms with E-state index in [9.17, 15) is 14.3 Å². The van der Waals surface area contributed by atoms with Crippen LogP contribution in [0.2, 0.25) is 0 Å². The number of halogens is 1. The molecule has 7 heteroatoms. The highest BCUT2D eigenvalue weighted by molar-refractivity contribution is 5.81. The second kappa shape index (κ2) is 4.63. The van der Waals surface area contributed by atoms with Gasteiger partial charge in [-0.1, -0.05) is 12.1 Å². The van der Waals surface area contributed by atoms with E-state index < -0.39 is 17.7 Å². The summed E-state index contributed by atoms with van der Waals surface area (Å²) < 4.78 is 14.7. The van der Waals surface area contributed by atoms with E-state index in [1.165, 1.54) is 37.0 Å². The first-order chi connectivity index (χ1) is 9.90. The molecule has 2 heterocycles. The Hall–Kier alpha value is -2.28. The average molecular weight is 290 g/mol. The molecule has 2 aromatic rings. The number of anilines is 1. The number of aromatic nitrogens is 3. The van der Waals surface area contributed by atoms with Gasteiger partial charge in [-0.3, -0.25) is 4.79 Å². The lowest BCUT2D eigenvalue weighted by Crippen LogP contribution is -2.54. The molecule has 0 aliphatic carbocycles. The quantitative estimate of drug-likeness (QED) is 0.872. The van der Waals surface area contributed by atoms with Crippen molar-refractivity contribution < 1.29 is 14.3 Å². The Bertz CT molecular complexity index is 681. The lowest BCUT2D eigenvalue weighted by atomic mass is 9.81. The first-order valence-corrected chi connectivity index (χ1v) is 6.56. The van der Waals surface area contributed by atoms with E-state index in [1.807, 2.05) is 0 Å². The first-order valence-electron chi connectivity index (χ1n) is 6.56. The molecule has 1 aromatic carbocycles. The van der Waals surface area contributed by atoms with E-state index >= 15 is 0 Å². The molecule has 0 fully saturated rings. The van der Waals surface area contributed by atoms with Crippen LogP contribution >= 0.6 is 0 Å². The zero-order valence-electron chi connectivity index (χ0n) is 11.6. The summed E-state index contributed by atoms with van der Waals surface area (Å²) in [5.41, 5.74) is -0.779. The molecule has 0 saturated heterocycles. The molecule has 1 aliphatic rings. The van der Waals surface area contributed by atoms with Crippen LogP contribution in [0.5, 0.6) is 0 Å². The van der Waals surface area contributed by atoms with Gasteiger partial charge < -0.3 is 10.4 Å². The number of benzene rings is 1. The zero-order valence-corrected chi connectivity index (χ0v) is 11.6.